The quantitative estimate of drug-likeness (QED) is 0.0264. The topological polar surface area (TPSA) is 134 Å². The monoisotopic (exact) mass is 1210 g/mol. The van der Waals surface area contributed by atoms with Crippen molar-refractivity contribution in [2.75, 3.05) is 26.4 Å². The van der Waals surface area contributed by atoms with E-state index in [9.17, 15) is 19.0 Å². The summed E-state index contributed by atoms with van der Waals surface area (Å²) in [6, 6.07) is 0. The fraction of sp³-hybridized carbons (Fsp3) is 0.733. The second-order valence-corrected chi connectivity index (χ2v) is 24.8. The summed E-state index contributed by atoms with van der Waals surface area (Å²) in [4.78, 5) is 35.3. The number of ether oxygens (including phenoxy) is 2. The van der Waals surface area contributed by atoms with Crippen molar-refractivity contribution in [1.29, 1.82) is 0 Å². The fourth-order valence-corrected chi connectivity index (χ4v) is 10.7. The molecular formula is C75H132NO8P. The highest BCUT2D eigenvalue weighted by molar-refractivity contribution is 7.47. The molecule has 85 heavy (non-hydrogen) atoms. The standard InChI is InChI=1S/C75H132NO8P/c1-3-5-7-9-11-13-15-17-19-21-23-25-27-28-29-30-31-32-33-34-35-36-37-38-39-40-41-42-43-44-46-48-50-52-54-56-58-60-62-64-66-68-75(78)84-73(72-83-85(79,80)82-70-69-76)71-81-74(77)67-65-63-61-59-57-55-53-51-49-47-45-26-24-22-20-18-16-14-12-10-8-6-4-2/h5,7,11,13,17,19,22-25,28-29,31-32,34-35,37-38,73H,3-4,6,8-10,12,14-16,18,20-21,26-27,30,33,36,39-72,76H2,1-2H3,(H,79,80)/b7-5-,13-11-,19-17-,24-22-,25-23-,29-28-,32-31-,35-34-,38-37-. The molecule has 0 radical (unpaired) electrons. The summed E-state index contributed by atoms with van der Waals surface area (Å²) in [7, 11) is -4.40. The van der Waals surface area contributed by atoms with Crippen LogP contribution in [0.1, 0.15) is 322 Å². The molecule has 0 saturated heterocycles. The van der Waals surface area contributed by atoms with Gasteiger partial charge in [0.1, 0.15) is 6.61 Å². The molecule has 10 heteroatoms. The van der Waals surface area contributed by atoms with Gasteiger partial charge in [-0.25, -0.2) is 4.57 Å². The van der Waals surface area contributed by atoms with E-state index in [0.717, 1.165) is 89.9 Å². The lowest BCUT2D eigenvalue weighted by molar-refractivity contribution is -0.161. The molecule has 9 nitrogen and oxygen atoms in total. The minimum atomic E-state index is -4.40. The summed E-state index contributed by atoms with van der Waals surface area (Å²) in [6.07, 6.45) is 96.1. The number of carbonyl (C=O) groups excluding carboxylic acids is 2. The van der Waals surface area contributed by atoms with Gasteiger partial charge in [-0.15, -0.1) is 0 Å². The van der Waals surface area contributed by atoms with Gasteiger partial charge >= 0.3 is 19.8 Å². The number of hydrogen-bond acceptors (Lipinski definition) is 8. The summed E-state index contributed by atoms with van der Waals surface area (Å²) in [5.74, 6) is -0.819. The Morgan fingerprint density at radius 2 is 0.647 bits per heavy atom. The maximum atomic E-state index is 12.8. The molecule has 0 aliphatic carbocycles. The lowest BCUT2D eigenvalue weighted by Gasteiger charge is -2.19. The van der Waals surface area contributed by atoms with Crippen LogP contribution in [0.15, 0.2) is 109 Å². The summed E-state index contributed by atoms with van der Waals surface area (Å²) in [6.45, 7) is 3.66. The van der Waals surface area contributed by atoms with E-state index in [2.05, 4.69) is 123 Å². The second-order valence-electron chi connectivity index (χ2n) is 23.4. The zero-order valence-corrected chi connectivity index (χ0v) is 56.0. The van der Waals surface area contributed by atoms with Gasteiger partial charge in [-0.05, 0) is 103 Å². The van der Waals surface area contributed by atoms with Crippen LogP contribution in [0.5, 0.6) is 0 Å². The van der Waals surface area contributed by atoms with E-state index in [0.29, 0.717) is 6.42 Å². The first-order valence-electron chi connectivity index (χ1n) is 35.4. The molecule has 0 aromatic rings. The van der Waals surface area contributed by atoms with Crippen molar-refractivity contribution in [3.05, 3.63) is 109 Å². The maximum absolute atomic E-state index is 12.8. The number of unbranched alkanes of at least 4 members (excludes halogenated alkanes) is 35. The molecule has 0 aliphatic heterocycles. The van der Waals surface area contributed by atoms with Gasteiger partial charge in [-0.2, -0.15) is 0 Å². The minimum absolute atomic E-state index is 0.0514. The predicted molar refractivity (Wildman–Crippen MR) is 367 cm³/mol. The maximum Gasteiger partial charge on any atom is 0.472 e. The Bertz CT molecular complexity index is 1760. The average molecular weight is 1210 g/mol. The highest BCUT2D eigenvalue weighted by atomic mass is 31.2. The SMILES string of the molecule is CC/C=C\C/C=C\C/C=C\C/C=C\C/C=C\C/C=C\C/C=C\C/C=C\CCCCCCCCCCCCCCCCCCC(=O)OC(COC(=O)CCCCCCCCCCCCC/C=C\CCCCCCCCCC)COP(=O)(O)OCCN. The van der Waals surface area contributed by atoms with Gasteiger partial charge in [0, 0.05) is 19.4 Å². The zero-order chi connectivity index (χ0) is 61.6. The molecule has 0 aromatic heterocycles. The van der Waals surface area contributed by atoms with E-state index in [1.165, 1.54) is 199 Å². The summed E-state index contributed by atoms with van der Waals surface area (Å²) >= 11 is 0. The molecule has 0 bridgehead atoms. The van der Waals surface area contributed by atoms with Crippen LogP contribution in [-0.2, 0) is 32.7 Å². The number of nitrogens with two attached hydrogens (primary N) is 1. The first-order chi connectivity index (χ1) is 41.8. The van der Waals surface area contributed by atoms with E-state index in [1.807, 2.05) is 0 Å². The Labute approximate surface area is 524 Å². The Hall–Kier alpha value is -3.33. The molecule has 2 atom stereocenters. The number of esters is 2. The van der Waals surface area contributed by atoms with Crippen LogP contribution in [0.25, 0.3) is 0 Å². The van der Waals surface area contributed by atoms with Gasteiger partial charge in [0.2, 0.25) is 0 Å². The third-order valence-electron chi connectivity index (χ3n) is 15.1. The molecule has 3 N–H and O–H groups in total. The molecule has 0 aliphatic rings. The summed E-state index contributed by atoms with van der Waals surface area (Å²) < 4.78 is 33.2. The molecule has 0 aromatic carbocycles. The molecular weight excluding hydrogens is 1070 g/mol. The van der Waals surface area contributed by atoms with Crippen molar-refractivity contribution in [3.8, 4) is 0 Å². The Morgan fingerprint density at radius 1 is 0.365 bits per heavy atom. The van der Waals surface area contributed by atoms with Crippen molar-refractivity contribution in [2.24, 2.45) is 5.73 Å². The molecule has 0 amide bonds. The molecule has 490 valence electrons. The third-order valence-corrected chi connectivity index (χ3v) is 16.1. The van der Waals surface area contributed by atoms with Crippen LogP contribution in [0.3, 0.4) is 0 Å². The van der Waals surface area contributed by atoms with Crippen LogP contribution < -0.4 is 5.73 Å². The van der Waals surface area contributed by atoms with Gasteiger partial charge in [0.15, 0.2) is 6.10 Å². The Kier molecular flexibility index (Phi) is 67.0. The fourth-order valence-electron chi connectivity index (χ4n) is 9.94. The van der Waals surface area contributed by atoms with Crippen molar-refractivity contribution in [1.82, 2.24) is 0 Å². The number of allylic oxidation sites excluding steroid dienone is 18. The molecule has 0 spiro atoms. The second kappa shape index (κ2) is 69.8. The van der Waals surface area contributed by atoms with E-state index < -0.39 is 26.5 Å². The van der Waals surface area contributed by atoms with Crippen LogP contribution in [0.4, 0.5) is 0 Å². The van der Waals surface area contributed by atoms with E-state index in [-0.39, 0.29) is 38.6 Å². The van der Waals surface area contributed by atoms with Gasteiger partial charge < -0.3 is 20.1 Å². The lowest BCUT2D eigenvalue weighted by atomic mass is 10.0. The van der Waals surface area contributed by atoms with Gasteiger partial charge in [0.05, 0.1) is 13.2 Å². The number of carbonyl (C=O) groups is 2. The van der Waals surface area contributed by atoms with E-state index in [4.69, 9.17) is 24.3 Å². The summed E-state index contributed by atoms with van der Waals surface area (Å²) in [5, 5.41) is 0. The van der Waals surface area contributed by atoms with Crippen LogP contribution in [0, 0.1) is 0 Å². The van der Waals surface area contributed by atoms with E-state index >= 15 is 0 Å². The third kappa shape index (κ3) is 69.6. The van der Waals surface area contributed by atoms with Crippen molar-refractivity contribution < 1.29 is 37.6 Å². The van der Waals surface area contributed by atoms with Crippen molar-refractivity contribution >= 4 is 19.8 Å². The van der Waals surface area contributed by atoms with Crippen molar-refractivity contribution in [2.45, 2.75) is 328 Å². The number of phosphoric acid groups is 1. The predicted octanol–water partition coefficient (Wildman–Crippen LogP) is 23.3. The van der Waals surface area contributed by atoms with Crippen LogP contribution in [-0.4, -0.2) is 49.3 Å². The molecule has 0 heterocycles. The Balaban J connectivity index is 3.86. The highest BCUT2D eigenvalue weighted by Crippen LogP contribution is 2.43. The zero-order valence-electron chi connectivity index (χ0n) is 55.1. The van der Waals surface area contributed by atoms with Gasteiger partial charge in [0.25, 0.3) is 0 Å². The average Bonchev–Trinajstić information content (AvgIpc) is 3.52. The van der Waals surface area contributed by atoms with E-state index in [1.54, 1.807) is 0 Å². The molecule has 2 unspecified atom stereocenters. The molecule has 0 fully saturated rings. The molecule has 0 saturated carbocycles. The first-order valence-corrected chi connectivity index (χ1v) is 36.9. The van der Waals surface area contributed by atoms with Gasteiger partial charge in [-0.1, -0.05) is 316 Å². The van der Waals surface area contributed by atoms with Crippen LogP contribution >= 0.6 is 7.82 Å². The first kappa shape index (κ1) is 81.7. The summed E-state index contributed by atoms with van der Waals surface area (Å²) in [5.41, 5.74) is 5.40. The van der Waals surface area contributed by atoms with Crippen LogP contribution in [0.2, 0.25) is 0 Å². The lowest BCUT2D eigenvalue weighted by Crippen LogP contribution is -2.29. The minimum Gasteiger partial charge on any atom is -0.462 e. The Morgan fingerprint density at radius 3 is 0.976 bits per heavy atom. The number of hydrogen-bond donors (Lipinski definition) is 2. The molecule has 0 rings (SSSR count). The number of rotatable bonds is 66. The van der Waals surface area contributed by atoms with Crippen molar-refractivity contribution in [3.63, 3.8) is 0 Å². The highest BCUT2D eigenvalue weighted by Gasteiger charge is 2.26. The van der Waals surface area contributed by atoms with Gasteiger partial charge in [-0.3, -0.25) is 18.6 Å². The largest absolute Gasteiger partial charge is 0.472 e. The number of phosphoric ester groups is 1. The normalized spacial score (nSPS) is 13.6. The smallest absolute Gasteiger partial charge is 0.462 e.